The second-order valence-corrected chi connectivity index (χ2v) is 6.42. The zero-order chi connectivity index (χ0) is 14.5. The molecule has 0 radical (unpaired) electrons. The number of aromatic nitrogens is 2. The van der Waals surface area contributed by atoms with Gasteiger partial charge < -0.3 is 10.2 Å². The molecule has 1 N–H and O–H groups in total. The van der Waals surface area contributed by atoms with Crippen molar-refractivity contribution in [3.8, 4) is 0 Å². The lowest BCUT2D eigenvalue weighted by molar-refractivity contribution is -0.117. The number of amides is 1. The molecule has 3 heterocycles. The monoisotopic (exact) mass is 320 g/mol. The smallest absolute Gasteiger partial charge is 0.244 e. The summed E-state index contributed by atoms with van der Waals surface area (Å²) < 4.78 is 8.27. The highest BCUT2D eigenvalue weighted by Crippen LogP contribution is 2.18. The fourth-order valence-corrected chi connectivity index (χ4v) is 3.40. The summed E-state index contributed by atoms with van der Waals surface area (Å²) in [6, 6.07) is 4.22. The van der Waals surface area contributed by atoms with E-state index in [4.69, 9.17) is 0 Å². The molecule has 0 aromatic carbocycles. The van der Waals surface area contributed by atoms with Gasteiger partial charge in [-0.2, -0.15) is 8.75 Å². The molecule has 1 aliphatic rings. The van der Waals surface area contributed by atoms with Crippen molar-refractivity contribution < 1.29 is 4.79 Å². The van der Waals surface area contributed by atoms with Crippen molar-refractivity contribution in [2.75, 3.05) is 18.0 Å². The molecule has 2 aromatic rings. The van der Waals surface area contributed by atoms with Gasteiger partial charge in [0.05, 0.1) is 17.9 Å². The molecule has 0 bridgehead atoms. The van der Waals surface area contributed by atoms with Crippen LogP contribution in [-0.4, -0.2) is 33.8 Å². The zero-order valence-corrected chi connectivity index (χ0v) is 13.1. The Balaban J connectivity index is 1.46. The Kier molecular flexibility index (Phi) is 4.62. The molecule has 7 heteroatoms. The summed E-state index contributed by atoms with van der Waals surface area (Å²) in [5, 5.41) is 5.07. The van der Waals surface area contributed by atoms with E-state index in [1.54, 1.807) is 23.6 Å². The van der Waals surface area contributed by atoms with Gasteiger partial charge in [0.1, 0.15) is 0 Å². The molecule has 1 fully saturated rings. The van der Waals surface area contributed by atoms with Gasteiger partial charge in [0.25, 0.3) is 0 Å². The molecular weight excluding hydrogens is 304 g/mol. The maximum atomic E-state index is 11.9. The van der Waals surface area contributed by atoms with E-state index in [2.05, 4.69) is 19.0 Å². The standard InChI is InChI=1S/C14H16N4OS2/c19-14(4-3-12-2-1-9-20-12)16-11-5-7-18(8-6-11)13-10-15-21-17-13/h1-4,9-11H,5-8H2,(H,16,19)/b4-3+. The number of carbonyl (C=O) groups excluding carboxylic acids is 1. The maximum absolute atomic E-state index is 11.9. The molecular formula is C14H16N4OS2. The second-order valence-electron chi connectivity index (χ2n) is 4.88. The first-order valence-electron chi connectivity index (χ1n) is 6.86. The first kappa shape index (κ1) is 14.2. The minimum Gasteiger partial charge on any atom is -0.354 e. The molecule has 1 aliphatic heterocycles. The molecule has 2 aromatic heterocycles. The van der Waals surface area contributed by atoms with Crippen LogP contribution in [0.5, 0.6) is 0 Å². The Hall–Kier alpha value is -1.73. The molecule has 0 spiro atoms. The average Bonchev–Trinajstić information content (AvgIpc) is 3.19. The first-order chi connectivity index (χ1) is 10.3. The minimum absolute atomic E-state index is 0.0165. The van der Waals surface area contributed by atoms with Crippen molar-refractivity contribution >= 4 is 40.9 Å². The summed E-state index contributed by atoms with van der Waals surface area (Å²) in [4.78, 5) is 15.2. The Morgan fingerprint density at radius 2 is 2.29 bits per heavy atom. The SMILES string of the molecule is O=C(/C=C/c1cccs1)NC1CCN(c2cnsn2)CC1. The third kappa shape index (κ3) is 3.89. The Bertz CT molecular complexity index is 587. The minimum atomic E-state index is -0.0165. The lowest BCUT2D eigenvalue weighted by Gasteiger charge is -2.31. The lowest BCUT2D eigenvalue weighted by atomic mass is 10.1. The highest BCUT2D eigenvalue weighted by Gasteiger charge is 2.21. The molecule has 0 aliphatic carbocycles. The third-order valence-electron chi connectivity index (χ3n) is 3.46. The highest BCUT2D eigenvalue weighted by molar-refractivity contribution is 7.10. The number of piperidine rings is 1. The van der Waals surface area contributed by atoms with Gasteiger partial charge in [0.2, 0.25) is 5.91 Å². The van der Waals surface area contributed by atoms with E-state index >= 15 is 0 Å². The van der Waals surface area contributed by atoms with E-state index in [1.807, 2.05) is 23.6 Å². The largest absolute Gasteiger partial charge is 0.354 e. The molecule has 21 heavy (non-hydrogen) atoms. The van der Waals surface area contributed by atoms with E-state index in [0.717, 1.165) is 36.6 Å². The molecule has 1 amide bonds. The van der Waals surface area contributed by atoms with Crippen LogP contribution in [-0.2, 0) is 4.79 Å². The number of hydrogen-bond donors (Lipinski definition) is 1. The van der Waals surface area contributed by atoms with Crippen LogP contribution in [0.2, 0.25) is 0 Å². The summed E-state index contributed by atoms with van der Waals surface area (Å²) >= 11 is 2.85. The van der Waals surface area contributed by atoms with Gasteiger partial charge >= 0.3 is 0 Å². The molecule has 0 atom stereocenters. The van der Waals surface area contributed by atoms with Gasteiger partial charge in [-0.05, 0) is 30.4 Å². The molecule has 5 nitrogen and oxygen atoms in total. The van der Waals surface area contributed by atoms with Crippen molar-refractivity contribution in [3.63, 3.8) is 0 Å². The Morgan fingerprint density at radius 1 is 1.43 bits per heavy atom. The van der Waals surface area contributed by atoms with Gasteiger partial charge in [-0.1, -0.05) is 6.07 Å². The van der Waals surface area contributed by atoms with Crippen LogP contribution in [0, 0.1) is 0 Å². The van der Waals surface area contributed by atoms with Gasteiger partial charge in [0, 0.05) is 30.1 Å². The van der Waals surface area contributed by atoms with E-state index in [1.165, 1.54) is 11.7 Å². The summed E-state index contributed by atoms with van der Waals surface area (Å²) in [7, 11) is 0. The van der Waals surface area contributed by atoms with Crippen LogP contribution in [0.4, 0.5) is 5.82 Å². The Labute approximate surface area is 131 Å². The van der Waals surface area contributed by atoms with Crippen LogP contribution < -0.4 is 10.2 Å². The van der Waals surface area contributed by atoms with Crippen molar-refractivity contribution in [2.24, 2.45) is 0 Å². The summed E-state index contributed by atoms with van der Waals surface area (Å²) in [5.74, 6) is 0.930. The van der Waals surface area contributed by atoms with Crippen molar-refractivity contribution in [3.05, 3.63) is 34.7 Å². The van der Waals surface area contributed by atoms with E-state index in [9.17, 15) is 4.79 Å². The number of nitrogens with one attached hydrogen (secondary N) is 1. The average molecular weight is 320 g/mol. The van der Waals surface area contributed by atoms with E-state index in [-0.39, 0.29) is 11.9 Å². The molecule has 110 valence electrons. The van der Waals surface area contributed by atoms with Crippen LogP contribution in [0.3, 0.4) is 0 Å². The van der Waals surface area contributed by atoms with Gasteiger partial charge in [0.15, 0.2) is 5.82 Å². The second kappa shape index (κ2) is 6.82. The van der Waals surface area contributed by atoms with Crippen molar-refractivity contribution in [2.45, 2.75) is 18.9 Å². The quantitative estimate of drug-likeness (QED) is 0.879. The van der Waals surface area contributed by atoms with E-state index < -0.39 is 0 Å². The summed E-state index contributed by atoms with van der Waals surface area (Å²) in [6.45, 7) is 1.82. The predicted octanol–water partition coefficient (Wildman–Crippen LogP) is 2.40. The Morgan fingerprint density at radius 3 is 2.95 bits per heavy atom. The maximum Gasteiger partial charge on any atom is 0.244 e. The number of nitrogens with zero attached hydrogens (tertiary/aromatic N) is 3. The third-order valence-corrected chi connectivity index (χ3v) is 4.76. The fraction of sp³-hybridized carbons (Fsp3) is 0.357. The van der Waals surface area contributed by atoms with Crippen LogP contribution in [0.1, 0.15) is 17.7 Å². The molecule has 0 unspecified atom stereocenters. The first-order valence-corrected chi connectivity index (χ1v) is 8.47. The van der Waals surface area contributed by atoms with Crippen LogP contribution >= 0.6 is 23.1 Å². The summed E-state index contributed by atoms with van der Waals surface area (Å²) in [6.07, 6.45) is 7.15. The number of anilines is 1. The van der Waals surface area contributed by atoms with Crippen molar-refractivity contribution in [1.29, 1.82) is 0 Å². The van der Waals surface area contributed by atoms with Crippen molar-refractivity contribution in [1.82, 2.24) is 14.1 Å². The zero-order valence-electron chi connectivity index (χ0n) is 11.4. The normalized spacial score (nSPS) is 16.5. The van der Waals surface area contributed by atoms with Gasteiger partial charge in [-0.15, -0.1) is 11.3 Å². The number of hydrogen-bond acceptors (Lipinski definition) is 6. The lowest BCUT2D eigenvalue weighted by Crippen LogP contribution is -2.44. The number of rotatable bonds is 4. The fourth-order valence-electron chi connectivity index (χ4n) is 2.35. The number of thiophene rings is 1. The van der Waals surface area contributed by atoms with Crippen LogP contribution in [0.25, 0.3) is 6.08 Å². The highest BCUT2D eigenvalue weighted by atomic mass is 32.1. The van der Waals surface area contributed by atoms with E-state index in [0.29, 0.717) is 0 Å². The van der Waals surface area contributed by atoms with Crippen LogP contribution in [0.15, 0.2) is 29.8 Å². The van der Waals surface area contributed by atoms with Gasteiger partial charge in [-0.25, -0.2) is 0 Å². The topological polar surface area (TPSA) is 58.1 Å². The summed E-state index contributed by atoms with van der Waals surface area (Å²) in [5.41, 5.74) is 0. The number of carbonyl (C=O) groups is 1. The molecule has 0 saturated carbocycles. The molecule has 3 rings (SSSR count). The van der Waals surface area contributed by atoms with Gasteiger partial charge in [-0.3, -0.25) is 4.79 Å². The predicted molar refractivity (Wildman–Crippen MR) is 86.6 cm³/mol. The molecule has 1 saturated heterocycles.